The van der Waals surface area contributed by atoms with Gasteiger partial charge >= 0.3 is 0 Å². The Bertz CT molecular complexity index is 26.5. The van der Waals surface area contributed by atoms with Crippen molar-refractivity contribution in [2.75, 3.05) is 0 Å². The maximum atomic E-state index is 3.58. The average molecular weight is 114 g/mol. The molecule has 0 aromatic carbocycles. The van der Waals surface area contributed by atoms with Crippen LogP contribution < -0.4 is 0 Å². The first-order valence-electron chi connectivity index (χ1n) is 2.19. The first-order chi connectivity index (χ1) is 2.64. The fourth-order valence-electron chi connectivity index (χ4n) is 0. The van der Waals surface area contributed by atoms with Crippen LogP contribution in [0.4, 0.5) is 0 Å². The van der Waals surface area contributed by atoms with Crippen LogP contribution in [0.5, 0.6) is 0 Å². The van der Waals surface area contributed by atoms with Crippen molar-refractivity contribution in [3.8, 4) is 0 Å². The van der Waals surface area contributed by atoms with Crippen LogP contribution in [0, 0.1) is 0 Å². The first kappa shape index (κ1) is 6.43. The largest absolute Gasteiger partial charge is 0.0736 e. The van der Waals surface area contributed by atoms with Crippen LogP contribution in [0.2, 0.25) is 12.1 Å². The summed E-state index contributed by atoms with van der Waals surface area (Å²) in [6, 6.07) is 0. The van der Waals surface area contributed by atoms with Crippen molar-refractivity contribution in [3.63, 3.8) is 0 Å². The van der Waals surface area contributed by atoms with Gasteiger partial charge in [-0.2, -0.15) is 0 Å². The summed E-state index contributed by atoms with van der Waals surface area (Å²) >= 11 is 0. The zero-order valence-electron chi connectivity index (χ0n) is 4.58. The molecule has 0 atom stereocenters. The van der Waals surface area contributed by atoms with Gasteiger partial charge in [-0.1, -0.05) is 25.9 Å². The second kappa shape index (κ2) is 2.58. The summed E-state index contributed by atoms with van der Waals surface area (Å²) in [6.45, 7) is 6.73. The SMILES string of the molecule is CC(C)[Si](C)[Si]. The Morgan fingerprint density at radius 2 is 1.67 bits per heavy atom. The summed E-state index contributed by atoms with van der Waals surface area (Å²) in [5.41, 5.74) is 0.867. The van der Waals surface area contributed by atoms with Crippen molar-refractivity contribution >= 4 is 18.1 Å². The van der Waals surface area contributed by atoms with Crippen LogP contribution in [0.25, 0.3) is 0 Å². The van der Waals surface area contributed by atoms with Crippen LogP contribution in [-0.4, -0.2) is 18.1 Å². The molecule has 0 rings (SSSR count). The number of rotatable bonds is 1. The minimum absolute atomic E-state index is 0.146. The molecule has 0 spiro atoms. The van der Waals surface area contributed by atoms with Crippen molar-refractivity contribution in [3.05, 3.63) is 0 Å². The maximum absolute atomic E-state index is 3.58. The topological polar surface area (TPSA) is 0 Å². The summed E-state index contributed by atoms with van der Waals surface area (Å²) in [5.74, 6) is 0. The maximum Gasteiger partial charge on any atom is 0.0298 e. The lowest BCUT2D eigenvalue weighted by molar-refractivity contribution is 1.06. The van der Waals surface area contributed by atoms with Crippen LogP contribution in [0.15, 0.2) is 0 Å². The molecule has 0 aromatic heterocycles. The van der Waals surface area contributed by atoms with Crippen molar-refractivity contribution in [2.45, 2.75) is 25.9 Å². The first-order valence-corrected chi connectivity index (χ1v) is 5.77. The lowest BCUT2D eigenvalue weighted by Crippen LogP contribution is -2.10. The quantitative estimate of drug-likeness (QED) is 0.449. The Labute approximate surface area is 44.8 Å². The third kappa shape index (κ3) is 2.66. The molecular formula is C4H10Si2. The van der Waals surface area contributed by atoms with Gasteiger partial charge in [0.25, 0.3) is 0 Å². The van der Waals surface area contributed by atoms with Gasteiger partial charge in [-0.25, -0.2) is 0 Å². The molecule has 0 saturated heterocycles. The van der Waals surface area contributed by atoms with Gasteiger partial charge in [0.2, 0.25) is 0 Å². The zero-order chi connectivity index (χ0) is 5.15. The van der Waals surface area contributed by atoms with Gasteiger partial charge in [0.1, 0.15) is 0 Å². The van der Waals surface area contributed by atoms with Gasteiger partial charge in [-0.05, 0) is 0 Å². The molecule has 0 amide bonds. The van der Waals surface area contributed by atoms with Crippen molar-refractivity contribution in [2.24, 2.45) is 0 Å². The van der Waals surface area contributed by atoms with E-state index in [2.05, 4.69) is 30.2 Å². The van der Waals surface area contributed by atoms with E-state index in [0.717, 1.165) is 5.54 Å². The molecule has 0 unspecified atom stereocenters. The Hall–Kier alpha value is 0.434. The van der Waals surface area contributed by atoms with Crippen LogP contribution in [0.3, 0.4) is 0 Å². The van der Waals surface area contributed by atoms with E-state index in [9.17, 15) is 0 Å². The van der Waals surface area contributed by atoms with E-state index in [4.69, 9.17) is 0 Å². The summed E-state index contributed by atoms with van der Waals surface area (Å²) in [7, 11) is 3.44. The molecule has 0 saturated carbocycles. The molecule has 2 heteroatoms. The van der Waals surface area contributed by atoms with Gasteiger partial charge in [-0.15, -0.1) is 0 Å². The fraction of sp³-hybridized carbons (Fsp3) is 1.00. The highest BCUT2D eigenvalue weighted by Gasteiger charge is 1.98. The van der Waals surface area contributed by atoms with Gasteiger partial charge < -0.3 is 0 Å². The van der Waals surface area contributed by atoms with E-state index in [1.54, 1.807) is 0 Å². The smallest absolute Gasteiger partial charge is 0.0298 e. The summed E-state index contributed by atoms with van der Waals surface area (Å²) in [6.07, 6.45) is 0. The molecule has 0 fully saturated rings. The van der Waals surface area contributed by atoms with Crippen LogP contribution >= 0.6 is 0 Å². The molecule has 0 nitrogen and oxygen atoms in total. The highest BCUT2D eigenvalue weighted by Crippen LogP contribution is 2.00. The van der Waals surface area contributed by atoms with Crippen LogP contribution in [0.1, 0.15) is 13.8 Å². The Morgan fingerprint density at radius 3 is 1.67 bits per heavy atom. The standard InChI is InChI=1S/C4H10Si2/c1-4(2)6(3)5/h4H,1-3H3. The summed E-state index contributed by atoms with van der Waals surface area (Å²) in [4.78, 5) is 0. The molecule has 0 aromatic rings. The van der Waals surface area contributed by atoms with Crippen molar-refractivity contribution < 1.29 is 0 Å². The molecule has 0 bridgehead atoms. The van der Waals surface area contributed by atoms with E-state index < -0.39 is 0 Å². The number of hydrogen-bond donors (Lipinski definition) is 0. The van der Waals surface area contributed by atoms with E-state index in [0.29, 0.717) is 0 Å². The van der Waals surface area contributed by atoms with Gasteiger partial charge in [0.05, 0.1) is 0 Å². The monoisotopic (exact) mass is 114 g/mol. The molecule has 6 heavy (non-hydrogen) atoms. The molecule has 0 aliphatic heterocycles. The average Bonchev–Trinajstić information content (AvgIpc) is 1.36. The van der Waals surface area contributed by atoms with Crippen molar-refractivity contribution in [1.29, 1.82) is 0 Å². The van der Waals surface area contributed by atoms with E-state index >= 15 is 0 Å². The number of hydrogen-bond acceptors (Lipinski definition) is 0. The van der Waals surface area contributed by atoms with Gasteiger partial charge in [0.15, 0.2) is 0 Å². The molecule has 34 valence electrons. The normalized spacial score (nSPS) is 11.0. The third-order valence-corrected chi connectivity index (χ3v) is 4.33. The molecule has 0 aliphatic rings. The molecule has 0 heterocycles. The summed E-state index contributed by atoms with van der Waals surface area (Å²) in [5, 5.41) is 0. The Balaban J connectivity index is 2.99. The van der Waals surface area contributed by atoms with Gasteiger partial charge in [0, 0.05) is 18.1 Å². The highest BCUT2D eigenvalue weighted by molar-refractivity contribution is 7.03. The zero-order valence-corrected chi connectivity index (χ0v) is 6.58. The fourth-order valence-corrected chi connectivity index (χ4v) is 0. The minimum atomic E-state index is -0.146. The second-order valence-electron chi connectivity index (χ2n) is 1.84. The Kier molecular flexibility index (Phi) is 2.77. The van der Waals surface area contributed by atoms with Gasteiger partial charge in [-0.3, -0.25) is 0 Å². The third-order valence-electron chi connectivity index (χ3n) is 0.866. The Morgan fingerprint density at radius 1 is 1.50 bits per heavy atom. The lowest BCUT2D eigenvalue weighted by Gasteiger charge is -2.03. The highest BCUT2D eigenvalue weighted by atomic mass is 29.1. The molecule has 0 aliphatic carbocycles. The van der Waals surface area contributed by atoms with E-state index in [1.807, 2.05) is 0 Å². The van der Waals surface area contributed by atoms with E-state index in [1.165, 1.54) is 0 Å². The van der Waals surface area contributed by atoms with E-state index in [-0.39, 0.29) is 8.31 Å². The predicted octanol–water partition coefficient (Wildman–Crippen LogP) is 1.19. The molecule has 4 radical (unpaired) electrons. The second-order valence-corrected chi connectivity index (χ2v) is 6.72. The minimum Gasteiger partial charge on any atom is -0.0736 e. The lowest BCUT2D eigenvalue weighted by atomic mass is 10.6. The van der Waals surface area contributed by atoms with Crippen molar-refractivity contribution in [1.82, 2.24) is 0 Å². The molecule has 0 N–H and O–H groups in total. The molecular weight excluding hydrogens is 104 g/mol. The van der Waals surface area contributed by atoms with Crippen LogP contribution in [-0.2, 0) is 0 Å². The predicted molar refractivity (Wildman–Crippen MR) is 32.5 cm³/mol. The summed E-state index contributed by atoms with van der Waals surface area (Å²) < 4.78 is 0.